The Morgan fingerprint density at radius 3 is 2.07 bits per heavy atom. The summed E-state index contributed by atoms with van der Waals surface area (Å²) in [7, 11) is 0. The minimum Gasteiger partial charge on any atom is -0.340 e. The monoisotopic (exact) mass is 393 g/mol. The molecule has 0 bridgehead atoms. The highest BCUT2D eigenvalue weighted by Crippen LogP contribution is 2.35. The molecule has 0 fully saturated rings. The molecule has 3 rings (SSSR count). The van der Waals surface area contributed by atoms with Crippen molar-refractivity contribution in [1.29, 1.82) is 0 Å². The van der Waals surface area contributed by atoms with Crippen LogP contribution >= 0.6 is 0 Å². The third-order valence-corrected chi connectivity index (χ3v) is 3.54. The van der Waals surface area contributed by atoms with E-state index in [0.29, 0.717) is 11.9 Å². The Kier molecular flexibility index (Phi) is 5.07. The van der Waals surface area contributed by atoms with Crippen molar-refractivity contribution in [1.82, 2.24) is 9.97 Å². The molecule has 11 heteroatoms. The van der Waals surface area contributed by atoms with Crippen LogP contribution in [0.3, 0.4) is 0 Å². The lowest BCUT2D eigenvalue weighted by Crippen LogP contribution is -2.12. The number of alkyl halides is 3. The summed E-state index contributed by atoms with van der Waals surface area (Å²) in [6.45, 7) is 0. The molecule has 0 saturated heterocycles. The highest BCUT2D eigenvalue weighted by atomic mass is 19.4. The van der Waals surface area contributed by atoms with E-state index in [1.54, 1.807) is 0 Å². The predicted octanol–water partition coefficient (Wildman–Crippen LogP) is 5.03. The molecule has 3 aromatic rings. The first-order valence-electron chi connectivity index (χ1n) is 7.71. The van der Waals surface area contributed by atoms with E-state index in [1.165, 1.54) is 36.4 Å². The zero-order valence-electron chi connectivity index (χ0n) is 13.9. The number of anilines is 4. The van der Waals surface area contributed by atoms with Gasteiger partial charge in [-0.3, -0.25) is 10.1 Å². The maximum atomic E-state index is 13.3. The maximum absolute atomic E-state index is 13.3. The van der Waals surface area contributed by atoms with Crippen LogP contribution in [0.15, 0.2) is 54.7 Å². The van der Waals surface area contributed by atoms with Crippen molar-refractivity contribution in [2.45, 2.75) is 6.18 Å². The van der Waals surface area contributed by atoms with Gasteiger partial charge >= 0.3 is 6.18 Å². The van der Waals surface area contributed by atoms with Crippen molar-refractivity contribution in [3.63, 3.8) is 0 Å². The molecule has 0 amide bonds. The summed E-state index contributed by atoms with van der Waals surface area (Å²) in [4.78, 5) is 17.5. The molecular formula is C17H11F4N5O2. The number of nitro groups is 1. The predicted molar refractivity (Wildman–Crippen MR) is 93.1 cm³/mol. The number of hydrogen-bond donors (Lipinski definition) is 2. The van der Waals surface area contributed by atoms with Crippen LogP contribution in [-0.4, -0.2) is 14.9 Å². The first-order chi connectivity index (χ1) is 13.2. The van der Waals surface area contributed by atoms with Crippen LogP contribution in [0.4, 0.5) is 46.4 Å². The summed E-state index contributed by atoms with van der Waals surface area (Å²) in [6.07, 6.45) is -4.12. The summed E-state index contributed by atoms with van der Waals surface area (Å²) >= 11 is 0. The van der Waals surface area contributed by atoms with E-state index in [2.05, 4.69) is 20.6 Å². The van der Waals surface area contributed by atoms with Crippen LogP contribution in [0.5, 0.6) is 0 Å². The van der Waals surface area contributed by atoms with E-state index in [-0.39, 0.29) is 17.3 Å². The summed E-state index contributed by atoms with van der Waals surface area (Å²) in [5.41, 5.74) is -0.775. The number of halogens is 4. The van der Waals surface area contributed by atoms with E-state index in [9.17, 15) is 27.7 Å². The topological polar surface area (TPSA) is 93.0 Å². The molecule has 1 heterocycles. The minimum atomic E-state index is -4.72. The second-order valence-electron chi connectivity index (χ2n) is 5.51. The molecule has 0 radical (unpaired) electrons. The van der Waals surface area contributed by atoms with Gasteiger partial charge in [0.2, 0.25) is 5.95 Å². The van der Waals surface area contributed by atoms with Gasteiger partial charge in [0.05, 0.1) is 4.92 Å². The zero-order chi connectivity index (χ0) is 20.3. The lowest BCUT2D eigenvalue weighted by atomic mass is 10.2. The second-order valence-corrected chi connectivity index (χ2v) is 5.51. The molecule has 2 N–H and O–H groups in total. The molecule has 0 spiro atoms. The van der Waals surface area contributed by atoms with E-state index < -0.39 is 28.3 Å². The number of benzene rings is 2. The Morgan fingerprint density at radius 1 is 0.929 bits per heavy atom. The van der Waals surface area contributed by atoms with E-state index in [4.69, 9.17) is 0 Å². The van der Waals surface area contributed by atoms with Crippen LogP contribution in [0.25, 0.3) is 0 Å². The standard InChI is InChI=1S/C17H11F4N5O2/c18-10-1-3-12(4-2-10)24-16-22-9-14(17(19,20)21)15(25-16)23-11-5-7-13(8-6-11)26(27)28/h1-9H,(H2,22,23,24,25). The molecule has 1 aromatic heterocycles. The lowest BCUT2D eigenvalue weighted by Gasteiger charge is -2.15. The van der Waals surface area contributed by atoms with Crippen molar-refractivity contribution < 1.29 is 22.5 Å². The number of hydrogen-bond acceptors (Lipinski definition) is 6. The van der Waals surface area contributed by atoms with Crippen LogP contribution in [-0.2, 0) is 6.18 Å². The average molecular weight is 393 g/mol. The van der Waals surface area contributed by atoms with Gasteiger partial charge in [0.1, 0.15) is 17.2 Å². The Hall–Kier alpha value is -3.76. The molecule has 7 nitrogen and oxygen atoms in total. The number of nitrogens with one attached hydrogen (secondary N) is 2. The Balaban J connectivity index is 1.91. The highest BCUT2D eigenvalue weighted by molar-refractivity contribution is 5.63. The summed E-state index contributed by atoms with van der Waals surface area (Å²) in [5.74, 6) is -1.16. The quantitative estimate of drug-likeness (QED) is 0.359. The van der Waals surface area contributed by atoms with Crippen molar-refractivity contribution in [2.75, 3.05) is 10.6 Å². The Bertz CT molecular complexity index is 992. The maximum Gasteiger partial charge on any atom is 0.421 e. The molecule has 0 unspecified atom stereocenters. The van der Waals surface area contributed by atoms with E-state index in [0.717, 1.165) is 12.1 Å². The third kappa shape index (κ3) is 4.50. The molecule has 0 aliphatic rings. The van der Waals surface area contributed by atoms with Crippen LogP contribution in [0.2, 0.25) is 0 Å². The summed E-state index contributed by atoms with van der Waals surface area (Å²) in [5, 5.41) is 15.8. The van der Waals surface area contributed by atoms with E-state index >= 15 is 0 Å². The Morgan fingerprint density at radius 2 is 1.50 bits per heavy atom. The van der Waals surface area contributed by atoms with Crippen molar-refractivity contribution in [3.05, 3.63) is 76.2 Å². The number of non-ortho nitro benzene ring substituents is 1. The molecule has 2 aromatic carbocycles. The van der Waals surface area contributed by atoms with Crippen molar-refractivity contribution in [2.24, 2.45) is 0 Å². The molecular weight excluding hydrogens is 382 g/mol. The first kappa shape index (κ1) is 19.0. The van der Waals surface area contributed by atoms with Crippen molar-refractivity contribution >= 4 is 28.8 Å². The third-order valence-electron chi connectivity index (χ3n) is 3.54. The lowest BCUT2D eigenvalue weighted by molar-refractivity contribution is -0.384. The number of nitro benzene ring substituents is 1. The summed E-state index contributed by atoms with van der Waals surface area (Å²) in [6, 6.07) is 9.90. The normalized spacial score (nSPS) is 11.1. The molecule has 28 heavy (non-hydrogen) atoms. The van der Waals surface area contributed by atoms with Gasteiger partial charge in [0.25, 0.3) is 5.69 Å². The van der Waals surface area contributed by atoms with Crippen LogP contribution < -0.4 is 10.6 Å². The van der Waals surface area contributed by atoms with Gasteiger partial charge in [-0.2, -0.15) is 18.2 Å². The van der Waals surface area contributed by atoms with Gasteiger partial charge in [-0.25, -0.2) is 9.37 Å². The molecule has 144 valence electrons. The fourth-order valence-electron chi connectivity index (χ4n) is 2.21. The van der Waals surface area contributed by atoms with Crippen LogP contribution in [0, 0.1) is 15.9 Å². The van der Waals surface area contributed by atoms with Crippen LogP contribution in [0.1, 0.15) is 5.56 Å². The average Bonchev–Trinajstić information content (AvgIpc) is 2.63. The molecule has 0 aliphatic carbocycles. The number of nitrogens with zero attached hydrogens (tertiary/aromatic N) is 3. The summed E-state index contributed by atoms with van der Waals surface area (Å²) < 4.78 is 52.7. The fourth-order valence-corrected chi connectivity index (χ4v) is 2.21. The van der Waals surface area contributed by atoms with Crippen molar-refractivity contribution in [3.8, 4) is 0 Å². The number of rotatable bonds is 5. The smallest absolute Gasteiger partial charge is 0.340 e. The van der Waals surface area contributed by atoms with Gasteiger partial charge in [0, 0.05) is 29.7 Å². The zero-order valence-corrected chi connectivity index (χ0v) is 13.9. The molecule has 0 atom stereocenters. The largest absolute Gasteiger partial charge is 0.421 e. The van der Waals surface area contributed by atoms with Gasteiger partial charge in [-0.15, -0.1) is 0 Å². The molecule has 0 saturated carbocycles. The number of aromatic nitrogens is 2. The highest BCUT2D eigenvalue weighted by Gasteiger charge is 2.35. The van der Waals surface area contributed by atoms with E-state index in [1.807, 2.05) is 0 Å². The van der Waals surface area contributed by atoms with Gasteiger partial charge in [-0.05, 0) is 36.4 Å². The fraction of sp³-hybridized carbons (Fsp3) is 0.0588. The minimum absolute atomic E-state index is 0.149. The SMILES string of the molecule is O=[N+]([O-])c1ccc(Nc2nc(Nc3ccc(F)cc3)ncc2C(F)(F)F)cc1. The van der Waals surface area contributed by atoms with Gasteiger partial charge in [-0.1, -0.05) is 0 Å². The first-order valence-corrected chi connectivity index (χ1v) is 7.71. The molecule has 0 aliphatic heterocycles. The van der Waals surface area contributed by atoms with Gasteiger partial charge in [0.15, 0.2) is 0 Å². The Labute approximate surface area is 155 Å². The second kappa shape index (κ2) is 7.47. The van der Waals surface area contributed by atoms with Gasteiger partial charge < -0.3 is 10.6 Å².